The summed E-state index contributed by atoms with van der Waals surface area (Å²) in [6.07, 6.45) is 0.0115. The summed E-state index contributed by atoms with van der Waals surface area (Å²) in [4.78, 5) is 63.5. The molecule has 0 spiro atoms. The van der Waals surface area contributed by atoms with Crippen molar-refractivity contribution in [3.05, 3.63) is 70.7 Å². The van der Waals surface area contributed by atoms with Crippen LogP contribution in [0.1, 0.15) is 44.2 Å². The molecule has 41 heavy (non-hydrogen) atoms. The zero-order valence-electron chi connectivity index (χ0n) is 23.2. The van der Waals surface area contributed by atoms with Crippen molar-refractivity contribution in [3.8, 4) is 0 Å². The SMILES string of the molecule is CC(C)C[C@H](NC(=O)OCc1cccc(Cl)c1)C(=O)N[C@@H](C[C@@H]1CCNC1=O)C(=O)COC(=O)Cc1ccccc1. The van der Waals surface area contributed by atoms with Crippen molar-refractivity contribution in [2.75, 3.05) is 13.2 Å². The quantitative estimate of drug-likeness (QED) is 0.289. The van der Waals surface area contributed by atoms with Gasteiger partial charge < -0.3 is 25.4 Å². The first-order chi connectivity index (χ1) is 19.6. The molecule has 0 aliphatic carbocycles. The monoisotopic (exact) mass is 585 g/mol. The summed E-state index contributed by atoms with van der Waals surface area (Å²) in [5.41, 5.74) is 1.42. The number of amides is 3. The molecule has 3 N–H and O–H groups in total. The first kappa shape index (κ1) is 31.6. The zero-order valence-corrected chi connectivity index (χ0v) is 23.9. The predicted molar refractivity (Wildman–Crippen MR) is 152 cm³/mol. The Hall–Kier alpha value is -3.92. The van der Waals surface area contributed by atoms with Crippen LogP contribution in [0.2, 0.25) is 5.02 Å². The van der Waals surface area contributed by atoms with E-state index in [1.807, 2.05) is 19.9 Å². The fraction of sp³-hybridized carbons (Fsp3) is 0.433. The van der Waals surface area contributed by atoms with Crippen LogP contribution in [0.4, 0.5) is 4.79 Å². The number of ketones is 1. The summed E-state index contributed by atoms with van der Waals surface area (Å²) >= 11 is 5.97. The van der Waals surface area contributed by atoms with Crippen LogP contribution in [0.5, 0.6) is 0 Å². The van der Waals surface area contributed by atoms with Gasteiger partial charge >= 0.3 is 12.1 Å². The average molecular weight is 586 g/mol. The number of rotatable bonds is 14. The Kier molecular flexibility index (Phi) is 12.1. The molecule has 0 bridgehead atoms. The van der Waals surface area contributed by atoms with Gasteiger partial charge in [-0.3, -0.25) is 19.2 Å². The lowest BCUT2D eigenvalue weighted by atomic mass is 9.95. The number of alkyl carbamates (subject to hydrolysis) is 1. The lowest BCUT2D eigenvalue weighted by molar-refractivity contribution is -0.148. The Bertz CT molecular complexity index is 1220. The van der Waals surface area contributed by atoms with Crippen LogP contribution < -0.4 is 16.0 Å². The van der Waals surface area contributed by atoms with Crippen LogP contribution in [0.25, 0.3) is 0 Å². The van der Waals surface area contributed by atoms with Gasteiger partial charge in [0, 0.05) is 17.5 Å². The van der Waals surface area contributed by atoms with Gasteiger partial charge in [0.1, 0.15) is 12.6 Å². The minimum atomic E-state index is -1.10. The highest BCUT2D eigenvalue weighted by Gasteiger charge is 2.33. The van der Waals surface area contributed by atoms with Crippen LogP contribution in [0.15, 0.2) is 54.6 Å². The summed E-state index contributed by atoms with van der Waals surface area (Å²) in [6, 6.07) is 13.7. The Morgan fingerprint density at radius 1 is 0.976 bits per heavy atom. The van der Waals surface area contributed by atoms with Gasteiger partial charge in [0.25, 0.3) is 0 Å². The second-order valence-electron chi connectivity index (χ2n) is 10.4. The van der Waals surface area contributed by atoms with Gasteiger partial charge in [0.15, 0.2) is 12.4 Å². The molecule has 0 radical (unpaired) electrons. The molecule has 11 heteroatoms. The second kappa shape index (κ2) is 15.8. The topological polar surface area (TPSA) is 140 Å². The number of nitrogens with one attached hydrogen (secondary N) is 3. The largest absolute Gasteiger partial charge is 0.457 e. The Morgan fingerprint density at radius 2 is 1.71 bits per heavy atom. The van der Waals surface area contributed by atoms with E-state index in [2.05, 4.69) is 16.0 Å². The highest BCUT2D eigenvalue weighted by atomic mass is 35.5. The Morgan fingerprint density at radius 3 is 2.37 bits per heavy atom. The van der Waals surface area contributed by atoms with E-state index in [9.17, 15) is 24.0 Å². The summed E-state index contributed by atoms with van der Waals surface area (Å²) < 4.78 is 10.5. The van der Waals surface area contributed by atoms with Crippen molar-refractivity contribution in [2.24, 2.45) is 11.8 Å². The second-order valence-corrected chi connectivity index (χ2v) is 10.8. The van der Waals surface area contributed by atoms with Crippen LogP contribution in [-0.4, -0.2) is 54.9 Å². The van der Waals surface area contributed by atoms with E-state index >= 15 is 0 Å². The highest BCUT2D eigenvalue weighted by molar-refractivity contribution is 6.30. The molecule has 1 fully saturated rings. The van der Waals surface area contributed by atoms with E-state index in [0.717, 1.165) is 5.56 Å². The normalized spacial score (nSPS) is 15.9. The number of halogens is 1. The van der Waals surface area contributed by atoms with Crippen molar-refractivity contribution in [1.29, 1.82) is 0 Å². The fourth-order valence-corrected chi connectivity index (χ4v) is 4.64. The van der Waals surface area contributed by atoms with E-state index < -0.39 is 48.4 Å². The molecular formula is C30H36ClN3O7. The van der Waals surface area contributed by atoms with Crippen molar-refractivity contribution in [1.82, 2.24) is 16.0 Å². The molecule has 10 nitrogen and oxygen atoms in total. The molecular weight excluding hydrogens is 550 g/mol. The third-order valence-electron chi connectivity index (χ3n) is 6.53. The summed E-state index contributed by atoms with van der Waals surface area (Å²) in [7, 11) is 0. The molecule has 1 saturated heterocycles. The van der Waals surface area contributed by atoms with E-state index in [1.54, 1.807) is 48.5 Å². The Labute approximate surface area is 244 Å². The highest BCUT2D eigenvalue weighted by Crippen LogP contribution is 2.18. The Balaban J connectivity index is 1.63. The van der Waals surface area contributed by atoms with Gasteiger partial charge in [-0.15, -0.1) is 0 Å². The van der Waals surface area contributed by atoms with Gasteiger partial charge in [-0.2, -0.15) is 0 Å². The number of carbonyl (C=O) groups is 5. The predicted octanol–water partition coefficient (Wildman–Crippen LogP) is 3.35. The van der Waals surface area contributed by atoms with Gasteiger partial charge in [0.2, 0.25) is 11.8 Å². The third-order valence-corrected chi connectivity index (χ3v) is 6.76. The van der Waals surface area contributed by atoms with Crippen molar-refractivity contribution < 1.29 is 33.4 Å². The van der Waals surface area contributed by atoms with E-state index in [0.29, 0.717) is 23.6 Å². The third kappa shape index (κ3) is 10.9. The van der Waals surface area contributed by atoms with E-state index in [-0.39, 0.29) is 37.7 Å². The molecule has 1 heterocycles. The minimum absolute atomic E-state index is 0.00609. The maximum atomic E-state index is 13.3. The van der Waals surface area contributed by atoms with Crippen LogP contribution in [0.3, 0.4) is 0 Å². The number of Topliss-reactive ketones (excluding diaryl/α,β-unsaturated/α-hetero) is 1. The average Bonchev–Trinajstić information content (AvgIpc) is 3.34. The zero-order chi connectivity index (χ0) is 29.8. The molecule has 3 amide bonds. The lowest BCUT2D eigenvalue weighted by Crippen LogP contribution is -2.53. The summed E-state index contributed by atoms with van der Waals surface area (Å²) in [6.45, 7) is 3.64. The molecule has 2 aromatic rings. The lowest BCUT2D eigenvalue weighted by Gasteiger charge is -2.25. The number of carbonyl (C=O) groups excluding carboxylic acids is 5. The minimum Gasteiger partial charge on any atom is -0.457 e. The van der Waals surface area contributed by atoms with Crippen molar-refractivity contribution in [2.45, 2.75) is 58.2 Å². The first-order valence-electron chi connectivity index (χ1n) is 13.6. The first-order valence-corrected chi connectivity index (χ1v) is 14.0. The number of esters is 1. The molecule has 0 saturated carbocycles. The summed E-state index contributed by atoms with van der Waals surface area (Å²) in [5.74, 6) is -2.41. The van der Waals surface area contributed by atoms with Gasteiger partial charge in [-0.05, 0) is 48.4 Å². The van der Waals surface area contributed by atoms with Gasteiger partial charge in [-0.25, -0.2) is 4.79 Å². The summed E-state index contributed by atoms with van der Waals surface area (Å²) in [5, 5.41) is 8.48. The van der Waals surface area contributed by atoms with E-state index in [4.69, 9.17) is 21.1 Å². The van der Waals surface area contributed by atoms with Gasteiger partial charge in [0.05, 0.1) is 12.5 Å². The molecule has 0 unspecified atom stereocenters. The molecule has 3 atom stereocenters. The van der Waals surface area contributed by atoms with Crippen LogP contribution in [0, 0.1) is 11.8 Å². The molecule has 3 rings (SSSR count). The molecule has 1 aliphatic rings. The number of ether oxygens (including phenoxy) is 2. The fourth-order valence-electron chi connectivity index (χ4n) is 4.43. The van der Waals surface area contributed by atoms with Crippen molar-refractivity contribution >= 4 is 41.3 Å². The molecule has 2 aromatic carbocycles. The number of benzene rings is 2. The molecule has 1 aliphatic heterocycles. The van der Waals surface area contributed by atoms with E-state index in [1.165, 1.54) is 0 Å². The standard InChI is InChI=1S/C30H36ClN3O7/c1-19(2)13-25(34-30(39)41-17-21-9-6-10-23(31)14-21)29(38)33-24(16-22-11-12-32-28(22)37)26(35)18-40-27(36)15-20-7-4-3-5-8-20/h3-10,14,19,22,24-25H,11-13,15-18H2,1-2H3,(H,32,37)(H,33,38)(H,34,39)/t22-,24-,25-/m0/s1. The van der Waals surface area contributed by atoms with Gasteiger partial charge in [-0.1, -0.05) is 67.9 Å². The maximum Gasteiger partial charge on any atom is 0.408 e. The number of hydrogen-bond donors (Lipinski definition) is 3. The molecule has 0 aromatic heterocycles. The smallest absolute Gasteiger partial charge is 0.408 e. The number of hydrogen-bond acceptors (Lipinski definition) is 7. The van der Waals surface area contributed by atoms with Crippen molar-refractivity contribution in [3.63, 3.8) is 0 Å². The maximum absolute atomic E-state index is 13.3. The van der Waals surface area contributed by atoms with Crippen LogP contribution >= 0.6 is 11.6 Å². The molecule has 220 valence electrons. The van der Waals surface area contributed by atoms with Crippen LogP contribution in [-0.2, 0) is 41.7 Å².